The summed E-state index contributed by atoms with van der Waals surface area (Å²) in [4.78, 5) is 72.8. The number of phosphoric acid groups is 2. The van der Waals surface area contributed by atoms with Gasteiger partial charge in [-0.3, -0.25) is 37.3 Å². The fourth-order valence-electron chi connectivity index (χ4n) is 10.1. The van der Waals surface area contributed by atoms with E-state index in [2.05, 4.69) is 125 Å². The topological polar surface area (TPSA) is 237 Å². The summed E-state index contributed by atoms with van der Waals surface area (Å²) in [6.45, 7) is 4.62. The molecule has 0 aliphatic heterocycles. The Kier molecular flexibility index (Phi) is 68.4. The highest BCUT2D eigenvalue weighted by Crippen LogP contribution is 2.45. The van der Waals surface area contributed by atoms with Crippen molar-refractivity contribution in [3.05, 3.63) is 97.2 Å². The van der Waals surface area contributed by atoms with Crippen LogP contribution in [0.5, 0.6) is 0 Å². The molecule has 5 unspecified atom stereocenters. The number of hydrogen-bond acceptors (Lipinski definition) is 15. The molecule has 3 N–H and O–H groups in total. The van der Waals surface area contributed by atoms with Crippen molar-refractivity contribution in [1.29, 1.82) is 0 Å². The maximum Gasteiger partial charge on any atom is 0.472 e. The number of unbranched alkanes of at least 4 members (excludes halogenated alkanes) is 30. The summed E-state index contributed by atoms with van der Waals surface area (Å²) in [6.07, 6.45) is 74.0. The van der Waals surface area contributed by atoms with Crippen LogP contribution in [0.2, 0.25) is 0 Å². The van der Waals surface area contributed by atoms with Crippen LogP contribution in [0.25, 0.3) is 0 Å². The van der Waals surface area contributed by atoms with Crippen LogP contribution in [0.4, 0.5) is 0 Å². The van der Waals surface area contributed by atoms with E-state index < -0.39 is 97.5 Å². The van der Waals surface area contributed by atoms with E-state index >= 15 is 0 Å². The van der Waals surface area contributed by atoms with Crippen LogP contribution in [-0.4, -0.2) is 96.7 Å². The highest BCUT2D eigenvalue weighted by molar-refractivity contribution is 7.47. The Morgan fingerprint density at radius 1 is 0.296 bits per heavy atom. The van der Waals surface area contributed by atoms with Crippen molar-refractivity contribution in [2.24, 2.45) is 0 Å². The van der Waals surface area contributed by atoms with Crippen LogP contribution in [-0.2, 0) is 65.4 Å². The van der Waals surface area contributed by atoms with Gasteiger partial charge < -0.3 is 33.8 Å². The molecule has 0 saturated heterocycles. The predicted octanol–water partition coefficient (Wildman–Crippen LogP) is 22.0. The summed E-state index contributed by atoms with van der Waals surface area (Å²) >= 11 is 0. The Balaban J connectivity index is 5.39. The molecular weight excluding hydrogens is 1280 g/mol. The second-order valence-electron chi connectivity index (χ2n) is 25.6. The highest BCUT2D eigenvalue weighted by Gasteiger charge is 2.30. The fraction of sp³-hybridized carbons (Fsp3) is 0.747. The average molecular weight is 1420 g/mol. The molecule has 19 heteroatoms. The number of rotatable bonds is 72. The molecule has 98 heavy (non-hydrogen) atoms. The third-order valence-corrected chi connectivity index (χ3v) is 17.9. The lowest BCUT2D eigenvalue weighted by atomic mass is 10.1. The quantitative estimate of drug-likeness (QED) is 0.0169. The van der Waals surface area contributed by atoms with Crippen LogP contribution in [0.15, 0.2) is 97.2 Å². The predicted molar refractivity (Wildman–Crippen MR) is 399 cm³/mol. The number of allylic oxidation sites excluding steroid dienone is 16. The lowest BCUT2D eigenvalue weighted by Gasteiger charge is -2.21. The Hall–Kier alpha value is -4.02. The van der Waals surface area contributed by atoms with E-state index in [0.29, 0.717) is 25.7 Å². The number of carbonyl (C=O) groups is 4. The van der Waals surface area contributed by atoms with Crippen molar-refractivity contribution < 1.29 is 80.2 Å². The standard InChI is InChI=1S/C79H138O17P2/c1-5-9-13-17-21-25-29-33-36-40-43-47-51-55-59-63-76(81)89-69-74(95-78(83)65-61-57-53-49-45-39-32-28-24-20-16-12-8-4)71-93-97(85,86)91-67-73(80)68-92-98(87,88)94-72-75(96-79(84)66-62-58-54-50-46-42-38-35-31-27-23-19-15-11-7-3)70-90-77(82)64-60-56-52-48-44-41-37-34-30-26-22-18-14-10-6-2/h9,13,16,20-21,25,28,32-38,43,47,73-75,80H,5-8,10-12,14-15,17-19,22-24,26-27,29-31,39-42,44-46,48-72H2,1-4H3,(H,85,86)(H,87,88)/b13-9-,20-16-,25-21-,32-28-,36-33-,37-34-,38-35-,47-43-. The van der Waals surface area contributed by atoms with Crippen molar-refractivity contribution in [3.63, 3.8) is 0 Å². The smallest absolute Gasteiger partial charge is 0.462 e. The first-order chi connectivity index (χ1) is 47.7. The first-order valence-corrected chi connectivity index (χ1v) is 41.5. The van der Waals surface area contributed by atoms with E-state index in [9.17, 15) is 43.2 Å². The molecule has 0 aliphatic rings. The number of esters is 4. The first-order valence-electron chi connectivity index (χ1n) is 38.5. The molecule has 566 valence electrons. The summed E-state index contributed by atoms with van der Waals surface area (Å²) in [5.74, 6) is -2.25. The van der Waals surface area contributed by atoms with Gasteiger partial charge in [-0.1, -0.05) is 253 Å². The largest absolute Gasteiger partial charge is 0.472 e. The van der Waals surface area contributed by atoms with Gasteiger partial charge in [-0.05, 0) is 141 Å². The molecule has 0 spiro atoms. The van der Waals surface area contributed by atoms with E-state index in [4.69, 9.17) is 37.0 Å². The van der Waals surface area contributed by atoms with E-state index in [1.807, 2.05) is 0 Å². The summed E-state index contributed by atoms with van der Waals surface area (Å²) < 4.78 is 68.4. The van der Waals surface area contributed by atoms with Gasteiger partial charge in [0.25, 0.3) is 0 Å². The van der Waals surface area contributed by atoms with Crippen molar-refractivity contribution in [2.75, 3.05) is 39.6 Å². The summed E-state index contributed by atoms with van der Waals surface area (Å²) in [5, 5.41) is 10.6. The normalized spacial score (nSPS) is 14.5. The third-order valence-electron chi connectivity index (χ3n) is 16.0. The summed E-state index contributed by atoms with van der Waals surface area (Å²) in [5.41, 5.74) is 0. The van der Waals surface area contributed by atoms with Crippen molar-refractivity contribution in [3.8, 4) is 0 Å². The Labute approximate surface area is 595 Å². The molecule has 0 aromatic rings. The highest BCUT2D eigenvalue weighted by atomic mass is 31.2. The van der Waals surface area contributed by atoms with Gasteiger partial charge in [0.1, 0.15) is 19.3 Å². The molecular formula is C79H138O17P2. The number of phosphoric ester groups is 2. The fourth-order valence-corrected chi connectivity index (χ4v) is 11.7. The second-order valence-corrected chi connectivity index (χ2v) is 28.5. The van der Waals surface area contributed by atoms with Gasteiger partial charge in [0.05, 0.1) is 26.4 Å². The maximum absolute atomic E-state index is 13.1. The van der Waals surface area contributed by atoms with E-state index in [-0.39, 0.29) is 25.7 Å². The van der Waals surface area contributed by atoms with Gasteiger partial charge in [0.15, 0.2) is 12.2 Å². The minimum atomic E-state index is -4.99. The molecule has 0 heterocycles. The molecule has 0 fully saturated rings. The van der Waals surface area contributed by atoms with Crippen molar-refractivity contribution in [1.82, 2.24) is 0 Å². The van der Waals surface area contributed by atoms with Crippen LogP contribution in [0.3, 0.4) is 0 Å². The Morgan fingerprint density at radius 2 is 0.551 bits per heavy atom. The molecule has 5 atom stereocenters. The monoisotopic (exact) mass is 1420 g/mol. The molecule has 0 aromatic heterocycles. The number of carbonyl (C=O) groups excluding carboxylic acids is 4. The third kappa shape index (κ3) is 70.4. The molecule has 0 saturated carbocycles. The molecule has 0 radical (unpaired) electrons. The van der Waals surface area contributed by atoms with Gasteiger partial charge in [0.2, 0.25) is 0 Å². The lowest BCUT2D eigenvalue weighted by molar-refractivity contribution is -0.161. The van der Waals surface area contributed by atoms with Crippen LogP contribution >= 0.6 is 15.6 Å². The zero-order valence-corrected chi connectivity index (χ0v) is 63.5. The van der Waals surface area contributed by atoms with Gasteiger partial charge in [0, 0.05) is 25.7 Å². The van der Waals surface area contributed by atoms with Gasteiger partial charge in [-0.2, -0.15) is 0 Å². The van der Waals surface area contributed by atoms with Gasteiger partial charge >= 0.3 is 39.5 Å². The SMILES string of the molecule is CC/C=C\C/C=C\C/C=C\C/C=C\CCCCC(=O)OCC(COP(=O)(O)OCC(O)COP(=O)(O)OCC(COC(=O)CCCCCCC/C=C\CCCCCCCC)OC(=O)CCCCCCC/C=C\CCCCCCCC)OC(=O)CCCCCCC/C=C\C/C=C\CCC. The summed E-state index contributed by atoms with van der Waals surface area (Å²) in [7, 11) is -9.96. The van der Waals surface area contributed by atoms with Crippen LogP contribution < -0.4 is 0 Å². The Bertz CT molecular complexity index is 2240. The second kappa shape index (κ2) is 71.4. The first kappa shape index (κ1) is 94.0. The van der Waals surface area contributed by atoms with E-state index in [1.165, 1.54) is 77.0 Å². The molecule has 0 aromatic carbocycles. The van der Waals surface area contributed by atoms with Crippen molar-refractivity contribution >= 4 is 39.5 Å². The number of aliphatic hydroxyl groups is 1. The van der Waals surface area contributed by atoms with Crippen LogP contribution in [0.1, 0.15) is 323 Å². The number of aliphatic hydroxyl groups excluding tert-OH is 1. The molecule has 0 aliphatic carbocycles. The molecule has 17 nitrogen and oxygen atoms in total. The zero-order chi connectivity index (χ0) is 71.8. The average Bonchev–Trinajstić information content (AvgIpc) is 0.959. The molecule has 0 rings (SSSR count). The molecule has 0 bridgehead atoms. The lowest BCUT2D eigenvalue weighted by Crippen LogP contribution is -2.30. The Morgan fingerprint density at radius 3 is 0.888 bits per heavy atom. The minimum absolute atomic E-state index is 0.0688. The van der Waals surface area contributed by atoms with Gasteiger partial charge in [-0.25, -0.2) is 9.13 Å². The minimum Gasteiger partial charge on any atom is -0.462 e. The van der Waals surface area contributed by atoms with Crippen LogP contribution in [0, 0.1) is 0 Å². The van der Waals surface area contributed by atoms with E-state index in [1.54, 1.807) is 0 Å². The summed E-state index contributed by atoms with van der Waals surface area (Å²) in [6, 6.07) is 0. The van der Waals surface area contributed by atoms with Crippen molar-refractivity contribution in [2.45, 2.75) is 341 Å². The number of ether oxygens (including phenoxy) is 4. The number of hydrogen-bond donors (Lipinski definition) is 3. The molecule has 0 amide bonds. The zero-order valence-electron chi connectivity index (χ0n) is 61.7. The van der Waals surface area contributed by atoms with Gasteiger partial charge in [-0.15, -0.1) is 0 Å². The maximum atomic E-state index is 13.1. The van der Waals surface area contributed by atoms with E-state index in [0.717, 1.165) is 167 Å².